The number of esters is 1. The van der Waals surface area contributed by atoms with Crippen molar-refractivity contribution in [1.29, 1.82) is 0 Å². The Morgan fingerprint density at radius 3 is 2.14 bits per heavy atom. The van der Waals surface area contributed by atoms with E-state index in [1.807, 2.05) is 36.4 Å². The van der Waals surface area contributed by atoms with Crippen LogP contribution in [-0.4, -0.2) is 53.8 Å². The SMILES string of the molecule is C=CC[C@@H](CC(=O)NC1(CO)CCCC1)C(=O)N[C@H](COC(=O)[C@@H](CC=C)NC(=O)OCc1ccccc1)c1ccccc1. The van der Waals surface area contributed by atoms with Gasteiger partial charge in [0.1, 0.15) is 19.3 Å². The summed E-state index contributed by atoms with van der Waals surface area (Å²) >= 11 is 0. The lowest BCUT2D eigenvalue weighted by Crippen LogP contribution is -2.50. The molecule has 2 aromatic carbocycles. The minimum Gasteiger partial charge on any atom is -0.462 e. The Bertz CT molecular complexity index is 1250. The van der Waals surface area contributed by atoms with Crippen molar-refractivity contribution < 1.29 is 33.8 Å². The van der Waals surface area contributed by atoms with Crippen molar-refractivity contribution in [2.75, 3.05) is 13.2 Å². The highest BCUT2D eigenvalue weighted by Gasteiger charge is 2.35. The van der Waals surface area contributed by atoms with Crippen LogP contribution in [0.15, 0.2) is 86.0 Å². The zero-order valence-electron chi connectivity index (χ0n) is 25.0. The average molecular weight is 606 g/mol. The number of aliphatic hydroxyl groups is 1. The summed E-state index contributed by atoms with van der Waals surface area (Å²) in [5.74, 6) is -2.16. The molecule has 0 bridgehead atoms. The third kappa shape index (κ3) is 10.7. The van der Waals surface area contributed by atoms with Crippen molar-refractivity contribution >= 4 is 23.9 Å². The first-order chi connectivity index (χ1) is 21.3. The number of nitrogens with one attached hydrogen (secondary N) is 3. The standard InChI is InChI=1S/C34H43N3O7/c1-3-13-27(21-30(39)37-34(24-38)19-11-12-20-34)31(40)35-29(26-17-9-6-10-18-26)23-43-32(41)28(14-4-2)36-33(42)44-22-25-15-7-5-8-16-25/h3-10,15-18,27-29,38H,1-2,11-14,19-24H2,(H,35,40)(H,36,42)(H,37,39)/t27-,28+,29+/m0/s1. The Morgan fingerprint density at radius 2 is 1.52 bits per heavy atom. The molecule has 236 valence electrons. The van der Waals surface area contributed by atoms with E-state index in [9.17, 15) is 24.3 Å². The molecule has 0 heterocycles. The number of rotatable bonds is 17. The summed E-state index contributed by atoms with van der Waals surface area (Å²) in [5.41, 5.74) is 0.846. The minimum atomic E-state index is -1.05. The van der Waals surface area contributed by atoms with Crippen molar-refractivity contribution in [3.63, 3.8) is 0 Å². The number of ether oxygens (including phenoxy) is 2. The predicted molar refractivity (Wildman–Crippen MR) is 166 cm³/mol. The summed E-state index contributed by atoms with van der Waals surface area (Å²) in [6.45, 7) is 7.06. The maximum Gasteiger partial charge on any atom is 0.408 e. The average Bonchev–Trinajstić information content (AvgIpc) is 3.51. The lowest BCUT2D eigenvalue weighted by atomic mass is 9.95. The minimum absolute atomic E-state index is 0.0372. The highest BCUT2D eigenvalue weighted by Crippen LogP contribution is 2.29. The molecule has 0 spiro atoms. The molecule has 1 saturated carbocycles. The second kappa shape index (κ2) is 17.6. The number of carbonyl (C=O) groups excluding carboxylic acids is 4. The molecule has 0 aliphatic heterocycles. The van der Waals surface area contributed by atoms with E-state index in [-0.39, 0.29) is 45.0 Å². The molecule has 1 fully saturated rings. The largest absolute Gasteiger partial charge is 0.462 e. The van der Waals surface area contributed by atoms with E-state index in [4.69, 9.17) is 9.47 Å². The molecule has 2 aromatic rings. The van der Waals surface area contributed by atoms with Crippen molar-refractivity contribution in [2.45, 2.75) is 69.2 Å². The van der Waals surface area contributed by atoms with Gasteiger partial charge in [-0.1, -0.05) is 85.7 Å². The van der Waals surface area contributed by atoms with E-state index in [1.54, 1.807) is 30.3 Å². The van der Waals surface area contributed by atoms with Crippen LogP contribution in [0.25, 0.3) is 0 Å². The van der Waals surface area contributed by atoms with Crippen LogP contribution >= 0.6 is 0 Å². The van der Waals surface area contributed by atoms with Gasteiger partial charge in [-0.25, -0.2) is 9.59 Å². The number of carbonyl (C=O) groups is 4. The molecule has 3 rings (SSSR count). The number of hydrogen-bond donors (Lipinski definition) is 4. The molecule has 3 atom stereocenters. The zero-order valence-corrected chi connectivity index (χ0v) is 25.0. The van der Waals surface area contributed by atoms with Crippen LogP contribution in [-0.2, 0) is 30.5 Å². The molecule has 0 unspecified atom stereocenters. The molecular formula is C34H43N3O7. The summed E-state index contributed by atoms with van der Waals surface area (Å²) in [7, 11) is 0. The zero-order chi connectivity index (χ0) is 31.8. The van der Waals surface area contributed by atoms with Crippen molar-refractivity contribution in [1.82, 2.24) is 16.0 Å². The van der Waals surface area contributed by atoms with E-state index >= 15 is 0 Å². The van der Waals surface area contributed by atoms with Crippen LogP contribution in [0.1, 0.15) is 62.1 Å². The molecule has 0 aromatic heterocycles. The first-order valence-corrected chi connectivity index (χ1v) is 14.9. The number of alkyl carbamates (subject to hydrolysis) is 1. The molecule has 1 aliphatic rings. The quantitative estimate of drug-likeness (QED) is 0.156. The second-order valence-electron chi connectivity index (χ2n) is 11.0. The smallest absolute Gasteiger partial charge is 0.408 e. The fourth-order valence-electron chi connectivity index (χ4n) is 5.18. The van der Waals surface area contributed by atoms with Crippen LogP contribution in [0.2, 0.25) is 0 Å². The fraction of sp³-hybridized carbons (Fsp3) is 0.412. The van der Waals surface area contributed by atoms with Gasteiger partial charge in [-0.2, -0.15) is 0 Å². The van der Waals surface area contributed by atoms with Crippen molar-refractivity contribution in [3.8, 4) is 0 Å². The Labute approximate surface area is 258 Å². The van der Waals surface area contributed by atoms with Gasteiger partial charge in [0.15, 0.2) is 0 Å². The fourth-order valence-corrected chi connectivity index (χ4v) is 5.18. The lowest BCUT2D eigenvalue weighted by Gasteiger charge is -2.29. The van der Waals surface area contributed by atoms with E-state index in [0.717, 1.165) is 18.4 Å². The monoisotopic (exact) mass is 605 g/mol. The highest BCUT2D eigenvalue weighted by atomic mass is 16.6. The lowest BCUT2D eigenvalue weighted by molar-refractivity contribution is -0.147. The normalized spacial score (nSPS) is 15.6. The predicted octanol–water partition coefficient (Wildman–Crippen LogP) is 4.26. The topological polar surface area (TPSA) is 143 Å². The maximum absolute atomic E-state index is 13.4. The van der Waals surface area contributed by atoms with Gasteiger partial charge in [-0.05, 0) is 36.8 Å². The summed E-state index contributed by atoms with van der Waals surface area (Å²) < 4.78 is 10.8. The van der Waals surface area contributed by atoms with Gasteiger partial charge in [0.25, 0.3) is 0 Å². The van der Waals surface area contributed by atoms with Crippen LogP contribution < -0.4 is 16.0 Å². The molecule has 10 nitrogen and oxygen atoms in total. The van der Waals surface area contributed by atoms with Gasteiger partial charge in [0, 0.05) is 6.42 Å². The summed E-state index contributed by atoms with van der Waals surface area (Å²) in [6.07, 6.45) is 5.79. The Kier molecular flexibility index (Phi) is 13.6. The van der Waals surface area contributed by atoms with Gasteiger partial charge in [0.05, 0.1) is 24.1 Å². The molecular weight excluding hydrogens is 562 g/mol. The number of hydrogen-bond acceptors (Lipinski definition) is 7. The highest BCUT2D eigenvalue weighted by molar-refractivity contribution is 5.86. The third-order valence-corrected chi connectivity index (χ3v) is 7.62. The number of allylic oxidation sites excluding steroid dienone is 1. The Hall–Kier alpha value is -4.44. The first kappa shape index (κ1) is 34.1. The van der Waals surface area contributed by atoms with Crippen LogP contribution in [0, 0.1) is 5.92 Å². The van der Waals surface area contributed by atoms with Crippen molar-refractivity contribution in [2.24, 2.45) is 5.92 Å². The molecule has 44 heavy (non-hydrogen) atoms. The van der Waals surface area contributed by atoms with Gasteiger partial charge >= 0.3 is 12.1 Å². The molecule has 0 saturated heterocycles. The number of amides is 3. The van der Waals surface area contributed by atoms with Crippen molar-refractivity contribution in [3.05, 3.63) is 97.1 Å². The van der Waals surface area contributed by atoms with E-state index < -0.39 is 41.5 Å². The number of aliphatic hydroxyl groups excluding tert-OH is 1. The van der Waals surface area contributed by atoms with Crippen LogP contribution in [0.4, 0.5) is 4.79 Å². The molecule has 0 radical (unpaired) electrons. The van der Waals surface area contributed by atoms with E-state index in [0.29, 0.717) is 18.4 Å². The van der Waals surface area contributed by atoms with Gasteiger partial charge in [-0.3, -0.25) is 9.59 Å². The van der Waals surface area contributed by atoms with Gasteiger partial charge in [0.2, 0.25) is 11.8 Å². The summed E-state index contributed by atoms with van der Waals surface area (Å²) in [6, 6.07) is 16.4. The molecule has 1 aliphatic carbocycles. The van der Waals surface area contributed by atoms with Gasteiger partial charge in [-0.15, -0.1) is 13.2 Å². The van der Waals surface area contributed by atoms with Crippen LogP contribution in [0.5, 0.6) is 0 Å². The Balaban J connectivity index is 1.63. The summed E-state index contributed by atoms with van der Waals surface area (Å²) in [4.78, 5) is 51.8. The molecule has 4 N–H and O–H groups in total. The molecule has 3 amide bonds. The van der Waals surface area contributed by atoms with Gasteiger partial charge < -0.3 is 30.5 Å². The maximum atomic E-state index is 13.4. The van der Waals surface area contributed by atoms with E-state index in [1.165, 1.54) is 6.08 Å². The van der Waals surface area contributed by atoms with Crippen LogP contribution in [0.3, 0.4) is 0 Å². The number of benzene rings is 2. The second-order valence-corrected chi connectivity index (χ2v) is 11.0. The summed E-state index contributed by atoms with van der Waals surface area (Å²) in [5, 5.41) is 18.3. The Morgan fingerprint density at radius 1 is 0.886 bits per heavy atom. The third-order valence-electron chi connectivity index (χ3n) is 7.62. The molecule has 10 heteroatoms. The first-order valence-electron chi connectivity index (χ1n) is 14.9. The van der Waals surface area contributed by atoms with E-state index in [2.05, 4.69) is 29.1 Å².